The molecule has 2 aromatic rings. The van der Waals surface area contributed by atoms with Crippen LogP contribution in [0.25, 0.3) is 6.08 Å². The highest BCUT2D eigenvalue weighted by Gasteiger charge is 2.47. The molecule has 200 valence electrons. The lowest BCUT2D eigenvalue weighted by Gasteiger charge is -2.54. The van der Waals surface area contributed by atoms with Crippen LogP contribution in [0.4, 0.5) is 10.1 Å². The molecule has 2 fully saturated rings. The van der Waals surface area contributed by atoms with Crippen LogP contribution in [0, 0.1) is 18.2 Å². The van der Waals surface area contributed by atoms with E-state index >= 15 is 0 Å². The number of fused-ring (bicyclic) bond motifs is 1. The van der Waals surface area contributed by atoms with E-state index < -0.39 is 0 Å². The molecule has 6 heteroatoms. The highest BCUT2D eigenvalue weighted by Crippen LogP contribution is 2.52. The van der Waals surface area contributed by atoms with Crippen LogP contribution < -0.4 is 4.90 Å². The Morgan fingerprint density at radius 1 is 1.11 bits per heavy atom. The molecule has 1 saturated carbocycles. The maximum atomic E-state index is 14.5. The number of amidine groups is 1. The van der Waals surface area contributed by atoms with E-state index in [1.54, 1.807) is 12.1 Å². The molecule has 3 aliphatic heterocycles. The summed E-state index contributed by atoms with van der Waals surface area (Å²) in [6.07, 6.45) is 10.2. The van der Waals surface area contributed by atoms with Gasteiger partial charge in [-0.25, -0.2) is 4.39 Å². The smallest absolute Gasteiger partial charge is 0.152 e. The Labute approximate surface area is 226 Å². The minimum absolute atomic E-state index is 0.100. The molecule has 4 aliphatic rings. The fourth-order valence-electron chi connectivity index (χ4n) is 6.78. The summed E-state index contributed by atoms with van der Waals surface area (Å²) < 4.78 is 14.5. The minimum atomic E-state index is -0.150. The monoisotopic (exact) mass is 513 g/mol. The van der Waals surface area contributed by atoms with Crippen molar-refractivity contribution in [1.82, 2.24) is 9.91 Å². The number of hydrogen-bond donors (Lipinski definition) is 0. The number of likely N-dealkylation sites (N-methyl/N-ethyl adjacent to an activating group) is 1. The van der Waals surface area contributed by atoms with Crippen LogP contribution in [-0.2, 0) is 6.42 Å². The summed E-state index contributed by atoms with van der Waals surface area (Å²) in [7, 11) is 0. The molecule has 6 rings (SSSR count). The zero-order chi connectivity index (χ0) is 26.4. The normalized spacial score (nSPS) is 25.1. The van der Waals surface area contributed by atoms with Crippen LogP contribution in [0.1, 0.15) is 74.8 Å². The Bertz CT molecular complexity index is 1290. The number of aliphatic imine (C=N–C) groups is 1. The van der Waals surface area contributed by atoms with Crippen molar-refractivity contribution in [3.05, 3.63) is 70.0 Å². The summed E-state index contributed by atoms with van der Waals surface area (Å²) in [6, 6.07) is 12.8. The van der Waals surface area contributed by atoms with E-state index in [1.807, 2.05) is 13.3 Å². The molecule has 0 N–H and O–H groups in total. The third kappa shape index (κ3) is 4.63. The van der Waals surface area contributed by atoms with Crippen molar-refractivity contribution in [1.29, 1.82) is 0 Å². The molecule has 0 radical (unpaired) electrons. The number of hydrazone groups is 1. The average Bonchev–Trinajstić information content (AvgIpc) is 3.32. The number of nitrogens with zero attached hydrogens (tertiary/aromatic N) is 5. The summed E-state index contributed by atoms with van der Waals surface area (Å²) in [5.74, 6) is 0.924. The Kier molecular flexibility index (Phi) is 6.53. The molecular weight excluding hydrogens is 473 g/mol. The van der Waals surface area contributed by atoms with Crippen LogP contribution >= 0.6 is 0 Å². The number of benzene rings is 2. The first-order valence-electron chi connectivity index (χ1n) is 14.4. The predicted octanol–water partition coefficient (Wildman–Crippen LogP) is 6.58. The minimum Gasteiger partial charge on any atom is -0.345 e. The molecule has 0 aromatic heterocycles. The predicted molar refractivity (Wildman–Crippen MR) is 155 cm³/mol. The first-order valence-corrected chi connectivity index (χ1v) is 14.4. The Balaban J connectivity index is 1.40. The number of piperidine rings is 1. The maximum absolute atomic E-state index is 14.5. The van der Waals surface area contributed by atoms with Crippen molar-refractivity contribution >= 4 is 23.9 Å². The summed E-state index contributed by atoms with van der Waals surface area (Å²) in [4.78, 5) is 9.35. The Morgan fingerprint density at radius 3 is 2.61 bits per heavy atom. The molecule has 0 amide bonds. The van der Waals surface area contributed by atoms with Crippen molar-refractivity contribution in [3.63, 3.8) is 0 Å². The molecule has 0 bridgehead atoms. The second-order valence-electron chi connectivity index (χ2n) is 11.8. The zero-order valence-corrected chi connectivity index (χ0v) is 23.3. The van der Waals surface area contributed by atoms with Gasteiger partial charge in [-0.2, -0.15) is 5.10 Å². The zero-order valence-electron chi connectivity index (χ0n) is 23.3. The van der Waals surface area contributed by atoms with Gasteiger partial charge in [0, 0.05) is 25.3 Å². The van der Waals surface area contributed by atoms with Crippen LogP contribution in [0.15, 0.2) is 52.1 Å². The second-order valence-corrected chi connectivity index (χ2v) is 11.8. The Morgan fingerprint density at radius 2 is 1.95 bits per heavy atom. The lowest BCUT2D eigenvalue weighted by atomic mass is 9.62. The number of halogens is 1. The molecular formula is C32H40FN5. The van der Waals surface area contributed by atoms with Gasteiger partial charge in [-0.15, -0.1) is 0 Å². The average molecular weight is 514 g/mol. The highest BCUT2D eigenvalue weighted by atomic mass is 19.1. The van der Waals surface area contributed by atoms with Gasteiger partial charge in [0.1, 0.15) is 5.82 Å². The molecule has 3 heterocycles. The van der Waals surface area contributed by atoms with Crippen LogP contribution in [0.2, 0.25) is 0 Å². The Hall–Kier alpha value is -3.15. The van der Waals surface area contributed by atoms with Gasteiger partial charge in [0.05, 0.1) is 25.0 Å². The van der Waals surface area contributed by atoms with Crippen LogP contribution in [0.3, 0.4) is 0 Å². The van der Waals surface area contributed by atoms with E-state index in [-0.39, 0.29) is 11.9 Å². The number of anilines is 1. The van der Waals surface area contributed by atoms with Gasteiger partial charge in [-0.3, -0.25) is 10.0 Å². The molecule has 1 spiro atoms. The SMILES string of the molecule is CCc1cc(/C=C2\CC3(CCC3)CN3C2=NN(CC)CC3c2cc(C)cc(F)c2)ccc1N1C=NC(C)C1. The van der Waals surface area contributed by atoms with E-state index in [2.05, 4.69) is 70.9 Å². The van der Waals surface area contributed by atoms with Crippen molar-refractivity contribution in [2.75, 3.05) is 31.1 Å². The van der Waals surface area contributed by atoms with Crippen molar-refractivity contribution in [2.24, 2.45) is 15.5 Å². The quantitative estimate of drug-likeness (QED) is 0.453. The van der Waals surface area contributed by atoms with Crippen LogP contribution in [0.5, 0.6) is 0 Å². The number of aryl methyl sites for hydroxylation is 2. The van der Waals surface area contributed by atoms with E-state index in [0.717, 1.165) is 56.0 Å². The summed E-state index contributed by atoms with van der Waals surface area (Å²) in [5, 5.41) is 7.33. The molecule has 38 heavy (non-hydrogen) atoms. The standard InChI is InChI=1S/C32H40FN5/c1-5-25-14-24(8-9-29(25)36-18-23(4)34-21-36)15-27-17-32(10-7-11-32)20-38-30(19-37(6-2)35-31(27)38)26-12-22(3)13-28(33)16-26/h8-9,12-16,21,23,30H,5-7,10-11,17-20H2,1-4H3/b27-15+. The van der Waals surface area contributed by atoms with Gasteiger partial charge in [-0.1, -0.05) is 25.5 Å². The van der Waals surface area contributed by atoms with Gasteiger partial charge in [0.25, 0.3) is 0 Å². The molecule has 5 nitrogen and oxygen atoms in total. The van der Waals surface area contributed by atoms with Crippen molar-refractivity contribution < 1.29 is 4.39 Å². The molecule has 1 aliphatic carbocycles. The second kappa shape index (κ2) is 9.87. The lowest BCUT2D eigenvalue weighted by Crippen LogP contribution is -2.56. The van der Waals surface area contributed by atoms with Crippen molar-refractivity contribution in [3.8, 4) is 0 Å². The van der Waals surface area contributed by atoms with E-state index in [9.17, 15) is 4.39 Å². The van der Waals surface area contributed by atoms with Gasteiger partial charge >= 0.3 is 0 Å². The summed E-state index contributed by atoms with van der Waals surface area (Å²) in [6.45, 7) is 12.1. The summed E-state index contributed by atoms with van der Waals surface area (Å²) >= 11 is 0. The highest BCUT2D eigenvalue weighted by molar-refractivity contribution is 6.03. The van der Waals surface area contributed by atoms with E-state index in [0.29, 0.717) is 11.5 Å². The van der Waals surface area contributed by atoms with Gasteiger partial charge in [0.15, 0.2) is 5.84 Å². The van der Waals surface area contributed by atoms with E-state index in [1.165, 1.54) is 41.6 Å². The third-order valence-electron chi connectivity index (χ3n) is 8.91. The maximum Gasteiger partial charge on any atom is 0.152 e. The molecule has 1 saturated heterocycles. The van der Waals surface area contributed by atoms with E-state index in [4.69, 9.17) is 5.10 Å². The first-order chi connectivity index (χ1) is 18.4. The largest absolute Gasteiger partial charge is 0.345 e. The van der Waals surface area contributed by atoms with Crippen molar-refractivity contribution in [2.45, 2.75) is 71.9 Å². The fourth-order valence-corrected chi connectivity index (χ4v) is 6.78. The fraction of sp³-hybridized carbons (Fsp3) is 0.500. The molecule has 2 aromatic carbocycles. The van der Waals surface area contributed by atoms with Crippen LogP contribution in [-0.4, -0.2) is 54.3 Å². The molecule has 2 unspecified atom stereocenters. The topological polar surface area (TPSA) is 34.4 Å². The summed E-state index contributed by atoms with van der Waals surface area (Å²) in [5.41, 5.74) is 7.49. The number of rotatable bonds is 5. The van der Waals surface area contributed by atoms with Gasteiger partial charge in [-0.05, 0) is 110 Å². The first kappa shape index (κ1) is 25.1. The number of hydrogen-bond acceptors (Lipinski definition) is 5. The third-order valence-corrected chi connectivity index (χ3v) is 8.91. The lowest BCUT2D eigenvalue weighted by molar-refractivity contribution is 0.0480. The van der Waals surface area contributed by atoms with Gasteiger partial charge < -0.3 is 9.80 Å². The molecule has 2 atom stereocenters. The van der Waals surface area contributed by atoms with Gasteiger partial charge in [0.2, 0.25) is 0 Å².